The Morgan fingerprint density at radius 3 is 3.00 bits per heavy atom. The zero-order valence-electron chi connectivity index (χ0n) is 12.1. The van der Waals surface area contributed by atoms with E-state index in [2.05, 4.69) is 28.3 Å². The van der Waals surface area contributed by atoms with Gasteiger partial charge in [-0.1, -0.05) is 12.1 Å². The van der Waals surface area contributed by atoms with Gasteiger partial charge in [0.15, 0.2) is 0 Å². The van der Waals surface area contributed by atoms with Gasteiger partial charge in [0.05, 0.1) is 7.11 Å². The van der Waals surface area contributed by atoms with Crippen LogP contribution in [-0.2, 0) is 0 Å². The molecule has 1 aliphatic heterocycles. The number of methoxy groups -OCH3 is 1. The number of rotatable bonds is 4. The van der Waals surface area contributed by atoms with Gasteiger partial charge < -0.3 is 15.0 Å². The average Bonchev–Trinajstić information content (AvgIpc) is 2.90. The quantitative estimate of drug-likeness (QED) is 0.927. The first kappa shape index (κ1) is 13.2. The van der Waals surface area contributed by atoms with E-state index >= 15 is 0 Å². The highest BCUT2D eigenvalue weighted by molar-refractivity contribution is 5.95. The van der Waals surface area contributed by atoms with Gasteiger partial charge in [-0.2, -0.15) is 0 Å². The van der Waals surface area contributed by atoms with Crippen LogP contribution >= 0.6 is 0 Å². The zero-order chi connectivity index (χ0) is 13.9. The standard InChI is InChI=1S/C16H21N3O/c1-19-9-7-12(11-19)10-18-16-14-4-3-5-15(20-2)13(14)6-8-17-16/h3-6,8,12H,7,9-11H2,1-2H3,(H,17,18). The number of anilines is 1. The SMILES string of the molecule is COc1cccc2c(NCC3CCN(C)C3)nccc12. The second-order valence-corrected chi connectivity index (χ2v) is 5.51. The molecule has 1 aromatic heterocycles. The molecule has 1 saturated heterocycles. The zero-order valence-corrected chi connectivity index (χ0v) is 12.1. The van der Waals surface area contributed by atoms with Crippen molar-refractivity contribution in [3.8, 4) is 5.75 Å². The molecule has 20 heavy (non-hydrogen) atoms. The highest BCUT2D eigenvalue weighted by atomic mass is 16.5. The molecule has 0 radical (unpaired) electrons. The number of benzene rings is 1. The second kappa shape index (κ2) is 5.67. The summed E-state index contributed by atoms with van der Waals surface area (Å²) in [4.78, 5) is 6.86. The number of likely N-dealkylation sites (tertiary alicyclic amines) is 1. The molecule has 1 N–H and O–H groups in total. The van der Waals surface area contributed by atoms with Crippen molar-refractivity contribution in [1.29, 1.82) is 0 Å². The number of pyridine rings is 1. The maximum absolute atomic E-state index is 5.41. The molecule has 1 fully saturated rings. The van der Waals surface area contributed by atoms with E-state index in [0.717, 1.165) is 28.9 Å². The van der Waals surface area contributed by atoms with Gasteiger partial charge in [0.25, 0.3) is 0 Å². The van der Waals surface area contributed by atoms with Crippen molar-refractivity contribution < 1.29 is 4.74 Å². The normalized spacial score (nSPS) is 19.4. The fraction of sp³-hybridized carbons (Fsp3) is 0.438. The van der Waals surface area contributed by atoms with E-state index in [1.165, 1.54) is 19.5 Å². The van der Waals surface area contributed by atoms with Crippen LogP contribution in [0.1, 0.15) is 6.42 Å². The molecule has 106 valence electrons. The predicted molar refractivity (Wildman–Crippen MR) is 82.4 cm³/mol. The van der Waals surface area contributed by atoms with Crippen molar-refractivity contribution in [3.05, 3.63) is 30.5 Å². The van der Waals surface area contributed by atoms with Crippen LogP contribution in [0, 0.1) is 5.92 Å². The summed E-state index contributed by atoms with van der Waals surface area (Å²) in [6.07, 6.45) is 3.10. The van der Waals surface area contributed by atoms with Crippen LogP contribution in [0.2, 0.25) is 0 Å². The van der Waals surface area contributed by atoms with Crippen LogP contribution in [0.15, 0.2) is 30.5 Å². The molecule has 0 saturated carbocycles. The van der Waals surface area contributed by atoms with Gasteiger partial charge in [-0.05, 0) is 38.1 Å². The van der Waals surface area contributed by atoms with E-state index in [1.807, 2.05) is 24.4 Å². The molecule has 1 aromatic carbocycles. The molecule has 1 aliphatic rings. The fourth-order valence-electron chi connectivity index (χ4n) is 2.93. The number of hydrogen-bond acceptors (Lipinski definition) is 4. The molecular weight excluding hydrogens is 250 g/mol. The Bertz CT molecular complexity index is 599. The number of aromatic nitrogens is 1. The largest absolute Gasteiger partial charge is 0.496 e. The van der Waals surface area contributed by atoms with Gasteiger partial charge in [-0.25, -0.2) is 4.98 Å². The highest BCUT2D eigenvalue weighted by Gasteiger charge is 2.19. The maximum atomic E-state index is 5.41. The lowest BCUT2D eigenvalue weighted by Crippen LogP contribution is -2.19. The number of fused-ring (bicyclic) bond motifs is 1. The van der Waals surface area contributed by atoms with Gasteiger partial charge in [-0.15, -0.1) is 0 Å². The molecule has 3 rings (SSSR count). The van der Waals surface area contributed by atoms with Crippen LogP contribution in [0.4, 0.5) is 5.82 Å². The Morgan fingerprint density at radius 1 is 1.35 bits per heavy atom. The monoisotopic (exact) mass is 271 g/mol. The maximum Gasteiger partial charge on any atom is 0.133 e. The van der Waals surface area contributed by atoms with Gasteiger partial charge in [-0.3, -0.25) is 0 Å². The summed E-state index contributed by atoms with van der Waals surface area (Å²) in [7, 11) is 3.89. The number of ether oxygens (including phenoxy) is 1. The van der Waals surface area contributed by atoms with Gasteiger partial charge in [0.2, 0.25) is 0 Å². The summed E-state index contributed by atoms with van der Waals surface area (Å²) < 4.78 is 5.41. The van der Waals surface area contributed by atoms with Crippen LogP contribution in [-0.4, -0.2) is 43.7 Å². The molecule has 0 bridgehead atoms. The van der Waals surface area contributed by atoms with E-state index in [9.17, 15) is 0 Å². The van der Waals surface area contributed by atoms with Crippen molar-refractivity contribution in [2.24, 2.45) is 5.92 Å². The Labute approximate surface area is 119 Å². The van der Waals surface area contributed by atoms with Crippen molar-refractivity contribution in [3.63, 3.8) is 0 Å². The molecule has 0 spiro atoms. The van der Waals surface area contributed by atoms with Gasteiger partial charge >= 0.3 is 0 Å². The fourth-order valence-corrected chi connectivity index (χ4v) is 2.93. The molecule has 1 unspecified atom stereocenters. The van der Waals surface area contributed by atoms with E-state index in [0.29, 0.717) is 5.92 Å². The topological polar surface area (TPSA) is 37.4 Å². The van der Waals surface area contributed by atoms with Crippen LogP contribution in [0.3, 0.4) is 0 Å². The summed E-state index contributed by atoms with van der Waals surface area (Å²) in [5.41, 5.74) is 0. The lowest BCUT2D eigenvalue weighted by molar-refractivity contribution is 0.399. The van der Waals surface area contributed by atoms with Gasteiger partial charge in [0.1, 0.15) is 11.6 Å². The van der Waals surface area contributed by atoms with Gasteiger partial charge in [0, 0.05) is 30.1 Å². The highest BCUT2D eigenvalue weighted by Crippen LogP contribution is 2.29. The minimum absolute atomic E-state index is 0.711. The first-order valence-electron chi connectivity index (χ1n) is 7.12. The molecule has 2 aromatic rings. The predicted octanol–water partition coefficient (Wildman–Crippen LogP) is 2.61. The third kappa shape index (κ3) is 2.56. The van der Waals surface area contributed by atoms with E-state index < -0.39 is 0 Å². The molecule has 0 aliphatic carbocycles. The summed E-state index contributed by atoms with van der Waals surface area (Å²) in [6, 6.07) is 8.09. The van der Waals surface area contributed by atoms with E-state index in [4.69, 9.17) is 4.74 Å². The van der Waals surface area contributed by atoms with Crippen LogP contribution in [0.25, 0.3) is 10.8 Å². The molecule has 4 heteroatoms. The minimum atomic E-state index is 0.711. The van der Waals surface area contributed by atoms with Crippen molar-refractivity contribution >= 4 is 16.6 Å². The first-order valence-corrected chi connectivity index (χ1v) is 7.12. The molecular formula is C16H21N3O. The summed E-state index contributed by atoms with van der Waals surface area (Å²) >= 11 is 0. The van der Waals surface area contributed by atoms with Crippen molar-refractivity contribution in [2.75, 3.05) is 39.1 Å². The molecule has 0 amide bonds. The Kier molecular flexibility index (Phi) is 3.74. The Morgan fingerprint density at radius 2 is 2.25 bits per heavy atom. The third-order valence-corrected chi connectivity index (χ3v) is 4.03. The number of nitrogens with one attached hydrogen (secondary N) is 1. The van der Waals surface area contributed by atoms with E-state index in [-0.39, 0.29) is 0 Å². The number of nitrogens with zero attached hydrogens (tertiary/aromatic N) is 2. The Balaban J connectivity index is 1.81. The Hall–Kier alpha value is -1.81. The molecule has 1 atom stereocenters. The minimum Gasteiger partial charge on any atom is -0.496 e. The van der Waals surface area contributed by atoms with Crippen molar-refractivity contribution in [2.45, 2.75) is 6.42 Å². The van der Waals surface area contributed by atoms with Crippen LogP contribution < -0.4 is 10.1 Å². The summed E-state index contributed by atoms with van der Waals surface area (Å²) in [6.45, 7) is 3.35. The van der Waals surface area contributed by atoms with Crippen LogP contribution in [0.5, 0.6) is 5.75 Å². The average molecular weight is 271 g/mol. The summed E-state index contributed by atoms with van der Waals surface area (Å²) in [5.74, 6) is 2.56. The molecule has 4 nitrogen and oxygen atoms in total. The second-order valence-electron chi connectivity index (χ2n) is 5.51. The smallest absolute Gasteiger partial charge is 0.133 e. The lowest BCUT2D eigenvalue weighted by Gasteiger charge is -2.14. The van der Waals surface area contributed by atoms with E-state index in [1.54, 1.807) is 7.11 Å². The lowest BCUT2D eigenvalue weighted by atomic mass is 10.1. The molecule has 2 heterocycles. The number of hydrogen-bond donors (Lipinski definition) is 1. The third-order valence-electron chi connectivity index (χ3n) is 4.03. The first-order chi connectivity index (χ1) is 9.78. The van der Waals surface area contributed by atoms with Crippen molar-refractivity contribution in [1.82, 2.24) is 9.88 Å². The summed E-state index contributed by atoms with van der Waals surface area (Å²) in [5, 5.41) is 5.74.